The molecule has 2 saturated carbocycles. The summed E-state index contributed by atoms with van der Waals surface area (Å²) < 4.78 is 53.6. The van der Waals surface area contributed by atoms with Crippen molar-refractivity contribution in [3.8, 4) is 17.3 Å². The molecule has 0 spiro atoms. The molecule has 2 aromatic carbocycles. The molecule has 4 fully saturated rings. The van der Waals surface area contributed by atoms with Crippen LogP contribution < -0.4 is 0 Å². The molecule has 3 aromatic rings. The van der Waals surface area contributed by atoms with E-state index in [1.165, 1.54) is 12.1 Å². The Hall–Kier alpha value is -3.37. The molecule has 1 aromatic heterocycles. The van der Waals surface area contributed by atoms with Crippen LogP contribution >= 0.6 is 0 Å². The SMILES string of the molecule is CC(C)(C#N)c1ccc(C23CCC(C=Cc4c(-c5ccccc5C(F)(F)F)noc4C4CC4)(CC2)CO3)cc1. The van der Waals surface area contributed by atoms with Gasteiger partial charge in [0, 0.05) is 22.5 Å². The van der Waals surface area contributed by atoms with E-state index in [1.54, 1.807) is 6.07 Å². The monoisotopic (exact) mass is 532 g/mol. The number of nitriles is 1. The minimum absolute atomic E-state index is 0.0448. The van der Waals surface area contributed by atoms with Crippen molar-refractivity contribution in [3.05, 3.63) is 82.6 Å². The van der Waals surface area contributed by atoms with E-state index in [0.29, 0.717) is 17.9 Å². The standard InChI is InChI=1S/C32H31F3N2O2/c1-29(2,19-36)22-9-11-23(12-10-22)31-17-15-30(16-18-31,20-38-31)14-13-25-27(37-39-28(25)21-7-8-21)24-5-3-4-6-26(24)32(33,34)35/h3-6,9-14,21H,7-8,15-18,20H2,1-2H3. The van der Waals surface area contributed by atoms with Gasteiger partial charge in [-0.25, -0.2) is 0 Å². The summed E-state index contributed by atoms with van der Waals surface area (Å²) in [5.41, 5.74) is 1.31. The Morgan fingerprint density at radius 3 is 2.28 bits per heavy atom. The smallest absolute Gasteiger partial charge is 0.369 e. The van der Waals surface area contributed by atoms with E-state index in [2.05, 4.69) is 29.4 Å². The van der Waals surface area contributed by atoms with E-state index in [9.17, 15) is 18.4 Å². The van der Waals surface area contributed by atoms with Gasteiger partial charge in [0.25, 0.3) is 0 Å². The molecule has 0 radical (unpaired) electrons. The number of aromatic nitrogens is 1. The first kappa shape index (κ1) is 25.9. The van der Waals surface area contributed by atoms with Crippen molar-refractivity contribution in [3.63, 3.8) is 0 Å². The Labute approximate surface area is 226 Å². The van der Waals surface area contributed by atoms with E-state index < -0.39 is 17.2 Å². The van der Waals surface area contributed by atoms with Gasteiger partial charge in [-0.3, -0.25) is 0 Å². The maximum absolute atomic E-state index is 13.8. The average Bonchev–Trinajstić information content (AvgIpc) is 3.71. The Kier molecular flexibility index (Phi) is 6.03. The molecule has 2 bridgehead atoms. The number of ether oxygens (including phenoxy) is 1. The molecule has 0 N–H and O–H groups in total. The number of halogens is 3. The predicted octanol–water partition coefficient (Wildman–Crippen LogP) is 8.54. The molecular formula is C32H31F3N2O2. The van der Waals surface area contributed by atoms with Gasteiger partial charge in [-0.1, -0.05) is 59.8 Å². The maximum Gasteiger partial charge on any atom is 0.417 e. The van der Waals surface area contributed by atoms with Crippen LogP contribution in [0.5, 0.6) is 0 Å². The predicted molar refractivity (Wildman–Crippen MR) is 142 cm³/mol. The first-order chi connectivity index (χ1) is 18.6. The third kappa shape index (κ3) is 4.59. The Morgan fingerprint density at radius 2 is 1.69 bits per heavy atom. The molecule has 7 rings (SSSR count). The molecule has 39 heavy (non-hydrogen) atoms. The minimum Gasteiger partial charge on any atom is -0.369 e. The topological polar surface area (TPSA) is 59.0 Å². The lowest BCUT2D eigenvalue weighted by Crippen LogP contribution is -2.48. The second-order valence-corrected chi connectivity index (χ2v) is 11.9. The van der Waals surface area contributed by atoms with Gasteiger partial charge in [0.1, 0.15) is 11.5 Å². The molecule has 0 atom stereocenters. The van der Waals surface area contributed by atoms with E-state index in [4.69, 9.17) is 9.26 Å². The van der Waals surface area contributed by atoms with Gasteiger partial charge < -0.3 is 9.26 Å². The normalized spacial score (nSPS) is 25.2. The highest BCUT2D eigenvalue weighted by atomic mass is 19.4. The van der Waals surface area contributed by atoms with Crippen LogP contribution in [0.15, 0.2) is 59.1 Å². The van der Waals surface area contributed by atoms with Crippen molar-refractivity contribution < 1.29 is 22.4 Å². The fourth-order valence-corrected chi connectivity index (χ4v) is 6.07. The third-order valence-corrected chi connectivity index (χ3v) is 8.90. The molecule has 202 valence electrons. The fraction of sp³-hybridized carbons (Fsp3) is 0.438. The summed E-state index contributed by atoms with van der Waals surface area (Å²) in [5.74, 6) is 0.883. The zero-order valence-electron chi connectivity index (χ0n) is 22.1. The zero-order valence-corrected chi connectivity index (χ0v) is 22.1. The largest absolute Gasteiger partial charge is 0.417 e. The van der Waals surface area contributed by atoms with E-state index in [0.717, 1.165) is 55.7 Å². The Bertz CT molecular complexity index is 1430. The van der Waals surface area contributed by atoms with Gasteiger partial charge in [-0.15, -0.1) is 0 Å². The van der Waals surface area contributed by atoms with Crippen LogP contribution in [-0.4, -0.2) is 11.8 Å². The van der Waals surface area contributed by atoms with Gasteiger partial charge >= 0.3 is 6.18 Å². The zero-order chi connectivity index (χ0) is 27.5. The number of fused-ring (bicyclic) bond motifs is 3. The number of hydrogen-bond acceptors (Lipinski definition) is 4. The van der Waals surface area contributed by atoms with Gasteiger partial charge in [0.2, 0.25) is 0 Å². The second-order valence-electron chi connectivity index (χ2n) is 11.9. The maximum atomic E-state index is 13.8. The van der Waals surface area contributed by atoms with E-state index in [-0.39, 0.29) is 28.2 Å². The van der Waals surface area contributed by atoms with Crippen LogP contribution in [0.4, 0.5) is 13.2 Å². The van der Waals surface area contributed by atoms with Crippen molar-refractivity contribution in [1.29, 1.82) is 5.26 Å². The van der Waals surface area contributed by atoms with Crippen LogP contribution in [0.3, 0.4) is 0 Å². The summed E-state index contributed by atoms with van der Waals surface area (Å²) in [4.78, 5) is 0. The van der Waals surface area contributed by atoms with Crippen LogP contribution in [0, 0.1) is 16.7 Å². The molecule has 4 nitrogen and oxygen atoms in total. The van der Waals surface area contributed by atoms with Crippen molar-refractivity contribution >= 4 is 6.08 Å². The minimum atomic E-state index is -4.48. The highest BCUT2D eigenvalue weighted by Gasteiger charge is 2.49. The summed E-state index contributed by atoms with van der Waals surface area (Å²) in [6.45, 7) is 4.37. The number of nitrogens with zero attached hydrogens (tertiary/aromatic N) is 2. The molecule has 7 heteroatoms. The summed E-state index contributed by atoms with van der Waals surface area (Å²) in [7, 11) is 0. The number of alkyl halides is 3. The number of hydrogen-bond donors (Lipinski definition) is 0. The van der Waals surface area contributed by atoms with Gasteiger partial charge in [0.05, 0.1) is 29.3 Å². The van der Waals surface area contributed by atoms with Crippen LogP contribution in [0.2, 0.25) is 0 Å². The van der Waals surface area contributed by atoms with Crippen LogP contribution in [0.1, 0.15) is 86.3 Å². The lowest BCUT2D eigenvalue weighted by Gasteiger charge is -2.52. The molecule has 0 unspecified atom stereocenters. The summed E-state index contributed by atoms with van der Waals surface area (Å²) in [6.07, 6.45) is 5.07. The highest BCUT2D eigenvalue weighted by molar-refractivity contribution is 5.76. The molecule has 3 heterocycles. The Balaban J connectivity index is 1.26. The first-order valence-corrected chi connectivity index (χ1v) is 13.6. The third-order valence-electron chi connectivity index (χ3n) is 8.90. The highest BCUT2D eigenvalue weighted by Crippen LogP contribution is 2.55. The molecule has 4 aliphatic rings. The van der Waals surface area contributed by atoms with E-state index in [1.807, 2.05) is 32.1 Å². The summed E-state index contributed by atoms with van der Waals surface area (Å²) in [6, 6.07) is 16.1. The van der Waals surface area contributed by atoms with Crippen molar-refractivity contribution in [2.75, 3.05) is 6.61 Å². The van der Waals surface area contributed by atoms with E-state index >= 15 is 0 Å². The lowest BCUT2D eigenvalue weighted by molar-refractivity contribution is -0.173. The quantitative estimate of drug-likeness (QED) is 0.319. The van der Waals surface area contributed by atoms with Crippen molar-refractivity contribution in [2.45, 2.75) is 75.5 Å². The van der Waals surface area contributed by atoms with Gasteiger partial charge in [-0.05, 0) is 69.6 Å². The Morgan fingerprint density at radius 1 is 1.00 bits per heavy atom. The average molecular weight is 533 g/mol. The molecule has 0 amide bonds. The van der Waals surface area contributed by atoms with Gasteiger partial charge in [-0.2, -0.15) is 18.4 Å². The van der Waals surface area contributed by atoms with Crippen molar-refractivity contribution in [1.82, 2.24) is 5.16 Å². The van der Waals surface area contributed by atoms with Crippen LogP contribution in [-0.2, 0) is 21.9 Å². The molecule has 2 aliphatic carbocycles. The number of benzene rings is 2. The molecule has 2 aliphatic heterocycles. The first-order valence-electron chi connectivity index (χ1n) is 13.6. The number of rotatable bonds is 6. The summed E-state index contributed by atoms with van der Waals surface area (Å²) >= 11 is 0. The van der Waals surface area contributed by atoms with Gasteiger partial charge in [0.15, 0.2) is 0 Å². The summed E-state index contributed by atoms with van der Waals surface area (Å²) in [5, 5.41) is 13.6. The van der Waals surface area contributed by atoms with Crippen LogP contribution in [0.25, 0.3) is 17.3 Å². The fourth-order valence-electron chi connectivity index (χ4n) is 6.07. The lowest BCUT2D eigenvalue weighted by atomic mass is 9.64. The molecule has 2 saturated heterocycles. The molecular weight excluding hydrogens is 501 g/mol. The second kappa shape index (κ2) is 9.09. The van der Waals surface area contributed by atoms with Crippen molar-refractivity contribution in [2.24, 2.45) is 5.41 Å².